The first-order chi connectivity index (χ1) is 10.1. The third kappa shape index (κ3) is 2.42. The Kier molecular flexibility index (Phi) is 3.68. The van der Waals surface area contributed by atoms with Crippen LogP contribution >= 0.6 is 15.9 Å². The number of nitriles is 1. The fraction of sp³-hybridized carbons (Fsp3) is 0.400. The van der Waals surface area contributed by atoms with Gasteiger partial charge in [0.25, 0.3) is 5.56 Å². The van der Waals surface area contributed by atoms with Gasteiger partial charge < -0.3 is 4.90 Å². The number of rotatable bonds is 1. The second-order valence-electron chi connectivity index (χ2n) is 5.33. The molecule has 1 aliphatic rings. The summed E-state index contributed by atoms with van der Waals surface area (Å²) in [7, 11) is 0. The summed E-state index contributed by atoms with van der Waals surface area (Å²) in [6, 6.07) is 3.96. The van der Waals surface area contributed by atoms with Crippen LogP contribution in [0.1, 0.15) is 30.4 Å². The Balaban J connectivity index is 2.30. The Morgan fingerprint density at radius 2 is 2.05 bits per heavy atom. The van der Waals surface area contributed by atoms with E-state index in [1.165, 1.54) is 10.8 Å². The lowest BCUT2D eigenvalue weighted by Crippen LogP contribution is -2.33. The number of anilines is 1. The van der Waals surface area contributed by atoms with Crippen molar-refractivity contribution < 1.29 is 0 Å². The molecule has 3 heterocycles. The van der Waals surface area contributed by atoms with Crippen molar-refractivity contribution in [3.8, 4) is 6.07 Å². The van der Waals surface area contributed by atoms with E-state index in [0.717, 1.165) is 36.0 Å². The van der Waals surface area contributed by atoms with Crippen molar-refractivity contribution in [2.45, 2.75) is 26.2 Å². The zero-order chi connectivity index (χ0) is 15.0. The molecule has 0 aliphatic carbocycles. The molecule has 0 spiro atoms. The van der Waals surface area contributed by atoms with Crippen LogP contribution in [-0.2, 0) is 0 Å². The standard InChI is InChI=1S/C15H15BrN4O/c1-10-7-12(16)14-18-13(19-5-3-2-4-6-19)11(8-17)15(21)20(14)9-10/h7,9H,2-6H2,1H3. The SMILES string of the molecule is Cc1cc(Br)c2nc(N3CCCCC3)c(C#N)c(=O)n2c1. The Labute approximate surface area is 131 Å². The van der Waals surface area contributed by atoms with Gasteiger partial charge in [0.2, 0.25) is 0 Å². The smallest absolute Gasteiger partial charge is 0.278 e. The molecule has 2 aromatic rings. The third-order valence-corrected chi connectivity index (χ3v) is 4.35. The molecule has 1 fully saturated rings. The molecule has 2 aromatic heterocycles. The summed E-state index contributed by atoms with van der Waals surface area (Å²) in [6.45, 7) is 3.60. The summed E-state index contributed by atoms with van der Waals surface area (Å²) in [5.41, 5.74) is 1.33. The molecule has 3 rings (SSSR count). The lowest BCUT2D eigenvalue weighted by molar-refractivity contribution is 0.572. The highest BCUT2D eigenvalue weighted by Gasteiger charge is 2.21. The molecule has 108 valence electrons. The first-order valence-electron chi connectivity index (χ1n) is 6.99. The van der Waals surface area contributed by atoms with E-state index in [1.807, 2.05) is 19.1 Å². The fourth-order valence-electron chi connectivity index (χ4n) is 2.75. The molecule has 0 aromatic carbocycles. The van der Waals surface area contributed by atoms with Gasteiger partial charge in [-0.05, 0) is 53.7 Å². The zero-order valence-electron chi connectivity index (χ0n) is 11.8. The van der Waals surface area contributed by atoms with Crippen LogP contribution in [0, 0.1) is 18.3 Å². The van der Waals surface area contributed by atoms with Gasteiger partial charge in [0.15, 0.2) is 17.0 Å². The van der Waals surface area contributed by atoms with Gasteiger partial charge >= 0.3 is 0 Å². The lowest BCUT2D eigenvalue weighted by atomic mass is 10.1. The summed E-state index contributed by atoms with van der Waals surface area (Å²) in [5, 5.41) is 9.39. The van der Waals surface area contributed by atoms with Gasteiger partial charge in [-0.2, -0.15) is 5.26 Å². The van der Waals surface area contributed by atoms with Gasteiger partial charge in [-0.3, -0.25) is 9.20 Å². The summed E-state index contributed by atoms with van der Waals surface area (Å²) >= 11 is 3.46. The molecule has 0 amide bonds. The molecule has 0 unspecified atom stereocenters. The quantitative estimate of drug-likeness (QED) is 0.796. The van der Waals surface area contributed by atoms with E-state index in [0.29, 0.717) is 11.5 Å². The first-order valence-corrected chi connectivity index (χ1v) is 7.78. The largest absolute Gasteiger partial charge is 0.355 e. The molecule has 6 heteroatoms. The number of aryl methyl sites for hydroxylation is 1. The van der Waals surface area contributed by atoms with E-state index in [1.54, 1.807) is 6.20 Å². The second-order valence-corrected chi connectivity index (χ2v) is 6.19. The molecule has 1 aliphatic heterocycles. The van der Waals surface area contributed by atoms with Crippen LogP contribution in [0.3, 0.4) is 0 Å². The van der Waals surface area contributed by atoms with Crippen molar-refractivity contribution in [1.82, 2.24) is 9.38 Å². The van der Waals surface area contributed by atoms with Gasteiger partial charge in [0.05, 0.1) is 4.47 Å². The molecule has 0 atom stereocenters. The average Bonchev–Trinajstić information content (AvgIpc) is 2.49. The van der Waals surface area contributed by atoms with Crippen LogP contribution in [0.5, 0.6) is 0 Å². The van der Waals surface area contributed by atoms with Crippen LogP contribution in [0.15, 0.2) is 21.5 Å². The number of fused-ring (bicyclic) bond motifs is 1. The number of nitrogens with zero attached hydrogens (tertiary/aromatic N) is 4. The molecule has 5 nitrogen and oxygen atoms in total. The minimum atomic E-state index is -0.299. The monoisotopic (exact) mass is 346 g/mol. The van der Waals surface area contributed by atoms with E-state index in [-0.39, 0.29) is 11.1 Å². The maximum Gasteiger partial charge on any atom is 0.278 e. The predicted molar refractivity (Wildman–Crippen MR) is 84.7 cm³/mol. The predicted octanol–water partition coefficient (Wildman–Crippen LogP) is 2.63. The fourth-order valence-corrected chi connectivity index (χ4v) is 3.39. The maximum atomic E-state index is 12.6. The zero-order valence-corrected chi connectivity index (χ0v) is 13.4. The molecule has 0 N–H and O–H groups in total. The van der Waals surface area contributed by atoms with E-state index < -0.39 is 0 Å². The molecule has 21 heavy (non-hydrogen) atoms. The second kappa shape index (κ2) is 5.49. The molecular weight excluding hydrogens is 332 g/mol. The number of halogens is 1. The minimum absolute atomic E-state index is 0.131. The summed E-state index contributed by atoms with van der Waals surface area (Å²) in [6.07, 6.45) is 5.05. The Bertz CT molecular complexity index is 800. The van der Waals surface area contributed by atoms with Crippen LogP contribution in [0.4, 0.5) is 5.82 Å². The van der Waals surface area contributed by atoms with Gasteiger partial charge in [-0.15, -0.1) is 0 Å². The molecule has 0 radical (unpaired) electrons. The van der Waals surface area contributed by atoms with Crippen LogP contribution < -0.4 is 10.5 Å². The maximum absolute atomic E-state index is 12.6. The molecule has 0 bridgehead atoms. The van der Waals surface area contributed by atoms with Gasteiger partial charge in [0, 0.05) is 19.3 Å². The van der Waals surface area contributed by atoms with E-state index in [2.05, 4.69) is 25.8 Å². The summed E-state index contributed by atoms with van der Waals surface area (Å²) in [4.78, 5) is 19.2. The van der Waals surface area contributed by atoms with Gasteiger partial charge in [-0.1, -0.05) is 0 Å². The highest BCUT2D eigenvalue weighted by Crippen LogP contribution is 2.24. The normalized spacial score (nSPS) is 15.2. The van der Waals surface area contributed by atoms with Crippen LogP contribution in [-0.4, -0.2) is 22.5 Å². The van der Waals surface area contributed by atoms with E-state index in [4.69, 9.17) is 0 Å². The molecular formula is C15H15BrN4O. The highest BCUT2D eigenvalue weighted by molar-refractivity contribution is 9.10. The van der Waals surface area contributed by atoms with E-state index in [9.17, 15) is 10.1 Å². The van der Waals surface area contributed by atoms with Crippen molar-refractivity contribution >= 4 is 27.4 Å². The molecule has 0 saturated carbocycles. The van der Waals surface area contributed by atoms with E-state index >= 15 is 0 Å². The van der Waals surface area contributed by atoms with Crippen molar-refractivity contribution in [2.75, 3.05) is 18.0 Å². The number of aromatic nitrogens is 2. The third-order valence-electron chi connectivity index (χ3n) is 3.76. The number of piperidine rings is 1. The van der Waals surface area contributed by atoms with Crippen LogP contribution in [0.2, 0.25) is 0 Å². The van der Waals surface area contributed by atoms with Crippen molar-refractivity contribution in [1.29, 1.82) is 5.26 Å². The minimum Gasteiger partial charge on any atom is -0.355 e. The first kappa shape index (κ1) is 14.1. The van der Waals surface area contributed by atoms with Gasteiger partial charge in [-0.25, -0.2) is 4.98 Å². The van der Waals surface area contributed by atoms with Crippen LogP contribution in [0.25, 0.3) is 5.65 Å². The Morgan fingerprint density at radius 1 is 1.33 bits per heavy atom. The van der Waals surface area contributed by atoms with Crippen molar-refractivity contribution in [2.24, 2.45) is 0 Å². The van der Waals surface area contributed by atoms with Crippen molar-refractivity contribution in [3.05, 3.63) is 38.2 Å². The Hall–Kier alpha value is -1.87. The van der Waals surface area contributed by atoms with Gasteiger partial charge in [0.1, 0.15) is 6.07 Å². The summed E-state index contributed by atoms with van der Waals surface area (Å²) < 4.78 is 2.22. The lowest BCUT2D eigenvalue weighted by Gasteiger charge is -2.28. The van der Waals surface area contributed by atoms with Crippen molar-refractivity contribution in [3.63, 3.8) is 0 Å². The highest BCUT2D eigenvalue weighted by atomic mass is 79.9. The number of hydrogen-bond acceptors (Lipinski definition) is 4. The average molecular weight is 347 g/mol. The Morgan fingerprint density at radius 3 is 2.71 bits per heavy atom. The number of hydrogen-bond donors (Lipinski definition) is 0. The molecule has 1 saturated heterocycles. The summed E-state index contributed by atoms with van der Waals surface area (Å²) in [5.74, 6) is 0.520. The number of pyridine rings is 1. The topological polar surface area (TPSA) is 61.4 Å².